The average Bonchev–Trinajstić information content (AvgIpc) is 2.86. The second kappa shape index (κ2) is 6.31. The lowest BCUT2D eigenvalue weighted by atomic mass is 10.3. The number of hydrogen-bond acceptors (Lipinski definition) is 5. The molecule has 8 nitrogen and oxygen atoms in total. The van der Waals surface area contributed by atoms with Crippen molar-refractivity contribution >= 4 is 29.0 Å². The Bertz CT molecular complexity index is 685. The van der Waals surface area contributed by atoms with E-state index in [2.05, 4.69) is 15.3 Å². The molecule has 2 rings (SSSR count). The number of anilines is 1. The van der Waals surface area contributed by atoms with Crippen molar-refractivity contribution in [1.29, 1.82) is 0 Å². The van der Waals surface area contributed by atoms with E-state index in [1.54, 1.807) is 0 Å². The second-order valence-electron chi connectivity index (χ2n) is 4.18. The van der Waals surface area contributed by atoms with Crippen LogP contribution < -0.4 is 5.32 Å². The summed E-state index contributed by atoms with van der Waals surface area (Å²) in [5.41, 5.74) is 0.0316. The third-order valence-corrected chi connectivity index (χ3v) is 2.95. The van der Waals surface area contributed by atoms with Gasteiger partial charge in [0.15, 0.2) is 11.0 Å². The maximum atomic E-state index is 12.2. The molecule has 0 aliphatic heterocycles. The highest BCUT2D eigenvalue weighted by molar-refractivity contribution is 6.32. The minimum absolute atomic E-state index is 0.0500. The molecule has 0 aliphatic carbocycles. The first-order valence-corrected chi connectivity index (χ1v) is 6.53. The summed E-state index contributed by atoms with van der Waals surface area (Å²) in [5, 5.41) is 13.4. The highest BCUT2D eigenvalue weighted by Gasteiger charge is 2.20. The number of nitrogens with zero attached hydrogens (tertiary/aromatic N) is 4. The van der Waals surface area contributed by atoms with Crippen molar-refractivity contribution in [2.45, 2.75) is 19.9 Å². The third-order valence-electron chi connectivity index (χ3n) is 2.68. The standard InChI is InChI=1S/C12H12ClN5O3/c1-2-5-17-7-8(18(20)21)6-9(17)12(19)16-11-10(13)14-3-4-15-11/h3-4,6-7H,2,5H2,1H3,(H,15,16,19). The number of aromatic nitrogens is 3. The van der Waals surface area contributed by atoms with Crippen LogP contribution in [0.15, 0.2) is 24.7 Å². The maximum absolute atomic E-state index is 12.2. The van der Waals surface area contributed by atoms with Crippen molar-refractivity contribution in [1.82, 2.24) is 14.5 Å². The van der Waals surface area contributed by atoms with E-state index in [-0.39, 0.29) is 22.4 Å². The molecule has 0 aromatic carbocycles. The zero-order chi connectivity index (χ0) is 15.4. The predicted octanol–water partition coefficient (Wildman–Crippen LogP) is 2.50. The lowest BCUT2D eigenvalue weighted by Gasteiger charge is -2.08. The van der Waals surface area contributed by atoms with Crippen LogP contribution in [0.3, 0.4) is 0 Å². The Morgan fingerprint density at radius 2 is 2.19 bits per heavy atom. The van der Waals surface area contributed by atoms with E-state index in [0.717, 1.165) is 6.42 Å². The van der Waals surface area contributed by atoms with Crippen LogP contribution in [0.1, 0.15) is 23.8 Å². The molecule has 0 saturated heterocycles. The molecule has 2 aromatic rings. The second-order valence-corrected chi connectivity index (χ2v) is 4.54. The molecule has 110 valence electrons. The number of amides is 1. The third kappa shape index (κ3) is 3.34. The average molecular weight is 310 g/mol. The van der Waals surface area contributed by atoms with Crippen LogP contribution in [0.2, 0.25) is 5.15 Å². The van der Waals surface area contributed by atoms with Crippen molar-refractivity contribution in [2.75, 3.05) is 5.32 Å². The number of nitro groups is 1. The zero-order valence-corrected chi connectivity index (χ0v) is 11.9. The van der Waals surface area contributed by atoms with Gasteiger partial charge in [0, 0.05) is 25.0 Å². The van der Waals surface area contributed by atoms with Crippen LogP contribution in [-0.2, 0) is 6.54 Å². The summed E-state index contributed by atoms with van der Waals surface area (Å²) < 4.78 is 1.53. The van der Waals surface area contributed by atoms with E-state index >= 15 is 0 Å². The van der Waals surface area contributed by atoms with E-state index in [9.17, 15) is 14.9 Å². The van der Waals surface area contributed by atoms with Crippen molar-refractivity contribution in [2.24, 2.45) is 0 Å². The predicted molar refractivity (Wildman–Crippen MR) is 76.4 cm³/mol. The minimum Gasteiger partial charge on any atom is -0.337 e. The Balaban J connectivity index is 2.30. The summed E-state index contributed by atoms with van der Waals surface area (Å²) in [6.07, 6.45) is 4.84. The first-order chi connectivity index (χ1) is 10.0. The number of rotatable bonds is 5. The van der Waals surface area contributed by atoms with E-state index in [4.69, 9.17) is 11.6 Å². The van der Waals surface area contributed by atoms with E-state index in [1.165, 1.54) is 29.2 Å². The van der Waals surface area contributed by atoms with Gasteiger partial charge in [-0.1, -0.05) is 18.5 Å². The van der Waals surface area contributed by atoms with Crippen LogP contribution in [0.5, 0.6) is 0 Å². The van der Waals surface area contributed by atoms with E-state index in [0.29, 0.717) is 6.54 Å². The first-order valence-electron chi connectivity index (χ1n) is 6.15. The van der Waals surface area contributed by atoms with Gasteiger partial charge in [0.05, 0.1) is 11.1 Å². The summed E-state index contributed by atoms with van der Waals surface area (Å²) in [4.78, 5) is 30.2. The molecule has 0 unspecified atom stereocenters. The van der Waals surface area contributed by atoms with Gasteiger partial charge in [-0.05, 0) is 6.42 Å². The quantitative estimate of drug-likeness (QED) is 0.675. The smallest absolute Gasteiger partial charge is 0.287 e. The molecule has 0 aliphatic rings. The van der Waals surface area contributed by atoms with Gasteiger partial charge in [-0.2, -0.15) is 0 Å². The normalized spacial score (nSPS) is 10.4. The Kier molecular flexibility index (Phi) is 4.49. The molecular formula is C12H12ClN5O3. The molecule has 0 fully saturated rings. The molecule has 2 heterocycles. The Hall–Kier alpha value is -2.48. The molecule has 0 atom stereocenters. The fraction of sp³-hybridized carbons (Fsp3) is 0.250. The topological polar surface area (TPSA) is 103 Å². The molecule has 0 saturated carbocycles. The van der Waals surface area contributed by atoms with Gasteiger partial charge in [-0.3, -0.25) is 14.9 Å². The van der Waals surface area contributed by atoms with Crippen LogP contribution in [0.25, 0.3) is 0 Å². The number of carbonyl (C=O) groups excluding carboxylic acids is 1. The van der Waals surface area contributed by atoms with Gasteiger partial charge in [-0.25, -0.2) is 9.97 Å². The lowest BCUT2D eigenvalue weighted by molar-refractivity contribution is -0.384. The fourth-order valence-electron chi connectivity index (χ4n) is 1.79. The Labute approximate surface area is 124 Å². The number of halogens is 1. The number of hydrogen-bond donors (Lipinski definition) is 1. The van der Waals surface area contributed by atoms with Gasteiger partial charge in [0.2, 0.25) is 0 Å². The highest BCUT2D eigenvalue weighted by Crippen LogP contribution is 2.20. The van der Waals surface area contributed by atoms with E-state index < -0.39 is 10.8 Å². The molecule has 0 radical (unpaired) electrons. The largest absolute Gasteiger partial charge is 0.337 e. The molecular weight excluding hydrogens is 298 g/mol. The molecule has 1 N–H and O–H groups in total. The summed E-state index contributed by atoms with van der Waals surface area (Å²) in [7, 11) is 0. The van der Waals surface area contributed by atoms with Crippen molar-refractivity contribution < 1.29 is 9.72 Å². The summed E-state index contributed by atoms with van der Waals surface area (Å²) in [6.45, 7) is 2.40. The SMILES string of the molecule is CCCn1cc([N+](=O)[O-])cc1C(=O)Nc1nccnc1Cl. The van der Waals surface area contributed by atoms with Crippen molar-refractivity contribution in [3.63, 3.8) is 0 Å². The van der Waals surface area contributed by atoms with Gasteiger partial charge in [0.1, 0.15) is 5.69 Å². The van der Waals surface area contributed by atoms with Crippen LogP contribution >= 0.6 is 11.6 Å². The molecule has 2 aromatic heterocycles. The minimum atomic E-state index is -0.543. The first kappa shape index (κ1) is 14.9. The molecule has 1 amide bonds. The van der Waals surface area contributed by atoms with Crippen molar-refractivity contribution in [3.05, 3.63) is 45.6 Å². The van der Waals surface area contributed by atoms with Gasteiger partial charge >= 0.3 is 0 Å². The van der Waals surface area contributed by atoms with Crippen LogP contribution in [-0.4, -0.2) is 25.4 Å². The van der Waals surface area contributed by atoms with Gasteiger partial charge < -0.3 is 9.88 Å². The number of aryl methyl sites for hydroxylation is 1. The van der Waals surface area contributed by atoms with Crippen molar-refractivity contribution in [3.8, 4) is 0 Å². The fourth-order valence-corrected chi connectivity index (χ4v) is 1.94. The Morgan fingerprint density at radius 3 is 2.81 bits per heavy atom. The molecule has 0 spiro atoms. The Morgan fingerprint density at radius 1 is 1.48 bits per heavy atom. The summed E-state index contributed by atoms with van der Waals surface area (Å²) >= 11 is 5.81. The maximum Gasteiger partial charge on any atom is 0.287 e. The number of nitrogens with one attached hydrogen (secondary N) is 1. The monoisotopic (exact) mass is 309 g/mol. The van der Waals surface area contributed by atoms with Crippen LogP contribution in [0, 0.1) is 10.1 Å². The lowest BCUT2D eigenvalue weighted by Crippen LogP contribution is -2.17. The highest BCUT2D eigenvalue weighted by atomic mass is 35.5. The van der Waals surface area contributed by atoms with Crippen LogP contribution in [0.4, 0.5) is 11.5 Å². The summed E-state index contributed by atoms with van der Waals surface area (Å²) in [5.74, 6) is -0.421. The zero-order valence-electron chi connectivity index (χ0n) is 11.1. The van der Waals surface area contributed by atoms with Gasteiger partial charge in [0.25, 0.3) is 11.6 Å². The van der Waals surface area contributed by atoms with Gasteiger partial charge in [-0.15, -0.1) is 0 Å². The molecule has 0 bridgehead atoms. The molecule has 21 heavy (non-hydrogen) atoms. The number of carbonyl (C=O) groups is 1. The summed E-state index contributed by atoms with van der Waals surface area (Å²) in [6, 6.07) is 1.22. The van der Waals surface area contributed by atoms with E-state index in [1.807, 2.05) is 6.92 Å². The molecule has 9 heteroatoms.